The topological polar surface area (TPSA) is 16.1 Å². The number of likely N-dealkylation sites (N-methyl/N-ethyl adjacent to an activating group) is 1. The van der Waals surface area contributed by atoms with Crippen molar-refractivity contribution in [3.05, 3.63) is 40.6 Å². The molecular weight excluding hydrogens is 264 g/mol. The van der Waals surface area contributed by atoms with Gasteiger partial charge in [0.05, 0.1) is 0 Å². The fraction of sp³-hybridized carbons (Fsp3) is 0.462. The molecule has 84 valence electrons. The lowest BCUT2D eigenvalue weighted by atomic mass is 9.90. The molecule has 2 aliphatic rings. The molecule has 0 aromatic carbocycles. The van der Waals surface area contributed by atoms with Crippen molar-refractivity contribution in [1.29, 1.82) is 0 Å². The van der Waals surface area contributed by atoms with Gasteiger partial charge in [-0.05, 0) is 47.4 Å². The van der Waals surface area contributed by atoms with Crippen LogP contribution in [-0.4, -0.2) is 29.0 Å². The molecule has 1 aromatic rings. The Labute approximate surface area is 104 Å². The predicted molar refractivity (Wildman–Crippen MR) is 68.4 cm³/mol. The van der Waals surface area contributed by atoms with Crippen LogP contribution in [0.1, 0.15) is 24.3 Å². The van der Waals surface area contributed by atoms with E-state index in [4.69, 9.17) is 0 Å². The maximum atomic E-state index is 4.27. The van der Waals surface area contributed by atoms with Crippen molar-refractivity contribution in [3.63, 3.8) is 0 Å². The monoisotopic (exact) mass is 278 g/mol. The number of rotatable bonds is 1. The molecule has 3 heterocycles. The maximum absolute atomic E-state index is 4.27. The lowest BCUT2D eigenvalue weighted by molar-refractivity contribution is 0.241. The minimum Gasteiger partial charge on any atom is -0.296 e. The first-order valence-corrected chi connectivity index (χ1v) is 6.56. The predicted octanol–water partition coefficient (Wildman–Crippen LogP) is 2.96. The highest BCUT2D eigenvalue weighted by Crippen LogP contribution is 2.39. The van der Waals surface area contributed by atoms with Gasteiger partial charge in [0.2, 0.25) is 0 Å². The zero-order valence-corrected chi connectivity index (χ0v) is 10.9. The molecule has 2 bridgehead atoms. The fourth-order valence-electron chi connectivity index (χ4n) is 2.98. The quantitative estimate of drug-likeness (QED) is 0.735. The normalized spacial score (nSPS) is 33.2. The third-order valence-electron chi connectivity index (χ3n) is 3.87. The highest BCUT2D eigenvalue weighted by atomic mass is 79.9. The molecule has 3 rings (SSSR count). The van der Waals surface area contributed by atoms with Gasteiger partial charge in [-0.1, -0.05) is 12.2 Å². The van der Waals surface area contributed by atoms with E-state index in [2.05, 4.69) is 51.1 Å². The van der Waals surface area contributed by atoms with E-state index in [1.807, 2.05) is 12.4 Å². The number of nitrogens with zero attached hydrogens (tertiary/aromatic N) is 2. The van der Waals surface area contributed by atoms with Crippen LogP contribution >= 0.6 is 15.9 Å². The molecule has 1 saturated heterocycles. The maximum Gasteiger partial charge on any atom is 0.0410 e. The molecule has 1 fully saturated rings. The largest absolute Gasteiger partial charge is 0.296 e. The number of fused-ring (bicyclic) bond motifs is 2. The first-order chi connectivity index (χ1) is 7.75. The van der Waals surface area contributed by atoms with E-state index < -0.39 is 0 Å². The third kappa shape index (κ3) is 1.62. The van der Waals surface area contributed by atoms with Gasteiger partial charge in [0.25, 0.3) is 0 Å². The smallest absolute Gasteiger partial charge is 0.0410 e. The molecule has 2 aliphatic heterocycles. The standard InChI is InChI=1S/C13H15BrN2/c1-16-11-2-4-12(13(16)5-3-11)9-6-10(14)8-15-7-9/h2,4,6-8,11-13H,3,5H2,1H3. The summed E-state index contributed by atoms with van der Waals surface area (Å²) in [6.07, 6.45) is 11.2. The second-order valence-corrected chi connectivity index (χ2v) is 5.64. The second kappa shape index (κ2) is 3.97. The summed E-state index contributed by atoms with van der Waals surface area (Å²) in [6, 6.07) is 3.52. The second-order valence-electron chi connectivity index (χ2n) is 4.72. The fourth-order valence-corrected chi connectivity index (χ4v) is 3.36. The summed E-state index contributed by atoms with van der Waals surface area (Å²) >= 11 is 3.50. The average molecular weight is 279 g/mol. The van der Waals surface area contributed by atoms with Gasteiger partial charge >= 0.3 is 0 Å². The van der Waals surface area contributed by atoms with E-state index in [1.54, 1.807) is 0 Å². The van der Waals surface area contributed by atoms with Crippen LogP contribution in [0.25, 0.3) is 0 Å². The first kappa shape index (κ1) is 10.5. The zero-order chi connectivity index (χ0) is 11.1. The van der Waals surface area contributed by atoms with E-state index in [1.165, 1.54) is 18.4 Å². The van der Waals surface area contributed by atoms with Gasteiger partial charge in [-0.3, -0.25) is 9.88 Å². The van der Waals surface area contributed by atoms with E-state index in [9.17, 15) is 0 Å². The minimum absolute atomic E-state index is 0.508. The molecule has 0 saturated carbocycles. The molecule has 0 N–H and O–H groups in total. The van der Waals surface area contributed by atoms with Crippen LogP contribution in [0.4, 0.5) is 0 Å². The van der Waals surface area contributed by atoms with Crippen molar-refractivity contribution < 1.29 is 0 Å². The number of pyridine rings is 1. The Kier molecular flexibility index (Phi) is 2.60. The number of hydrogen-bond donors (Lipinski definition) is 0. The van der Waals surface area contributed by atoms with Crippen molar-refractivity contribution in [3.8, 4) is 0 Å². The molecule has 0 spiro atoms. The Hall–Kier alpha value is -0.670. The molecule has 3 unspecified atom stereocenters. The van der Waals surface area contributed by atoms with Crippen LogP contribution < -0.4 is 0 Å². The molecule has 3 atom stereocenters. The lowest BCUT2D eigenvalue weighted by Gasteiger charge is -2.33. The van der Waals surface area contributed by atoms with Crippen LogP contribution in [0, 0.1) is 0 Å². The van der Waals surface area contributed by atoms with Crippen LogP contribution in [0.2, 0.25) is 0 Å². The SMILES string of the molecule is CN1C2C=CC(c3cncc(Br)c3)C1CC2. The summed E-state index contributed by atoms with van der Waals surface area (Å²) in [7, 11) is 2.24. The summed E-state index contributed by atoms with van der Waals surface area (Å²) in [4.78, 5) is 6.77. The average Bonchev–Trinajstić information content (AvgIpc) is 2.52. The van der Waals surface area contributed by atoms with Gasteiger partial charge in [0.15, 0.2) is 0 Å². The Morgan fingerprint density at radius 2 is 2.19 bits per heavy atom. The van der Waals surface area contributed by atoms with Crippen LogP contribution in [0.5, 0.6) is 0 Å². The number of halogens is 1. The minimum atomic E-state index is 0.508. The van der Waals surface area contributed by atoms with Gasteiger partial charge in [-0.15, -0.1) is 0 Å². The highest BCUT2D eigenvalue weighted by Gasteiger charge is 2.37. The van der Waals surface area contributed by atoms with E-state index in [-0.39, 0.29) is 0 Å². The molecular formula is C13H15BrN2. The Morgan fingerprint density at radius 1 is 1.31 bits per heavy atom. The van der Waals surface area contributed by atoms with Crippen molar-refractivity contribution in [1.82, 2.24) is 9.88 Å². The van der Waals surface area contributed by atoms with Gasteiger partial charge in [0, 0.05) is 34.9 Å². The Bertz CT molecular complexity index is 430. The summed E-state index contributed by atoms with van der Waals surface area (Å²) in [5, 5.41) is 0. The van der Waals surface area contributed by atoms with Gasteiger partial charge in [-0.25, -0.2) is 0 Å². The van der Waals surface area contributed by atoms with Crippen molar-refractivity contribution >= 4 is 15.9 Å². The summed E-state index contributed by atoms with van der Waals surface area (Å²) in [5.41, 5.74) is 1.32. The molecule has 2 nitrogen and oxygen atoms in total. The van der Waals surface area contributed by atoms with E-state index >= 15 is 0 Å². The van der Waals surface area contributed by atoms with Gasteiger partial charge in [-0.2, -0.15) is 0 Å². The molecule has 0 amide bonds. The summed E-state index contributed by atoms with van der Waals surface area (Å²) in [5.74, 6) is 0.508. The third-order valence-corrected chi connectivity index (χ3v) is 4.30. The van der Waals surface area contributed by atoms with Crippen molar-refractivity contribution in [2.75, 3.05) is 7.05 Å². The van der Waals surface area contributed by atoms with Gasteiger partial charge in [0.1, 0.15) is 0 Å². The summed E-state index contributed by atoms with van der Waals surface area (Å²) < 4.78 is 1.07. The molecule has 1 aromatic heterocycles. The van der Waals surface area contributed by atoms with Crippen LogP contribution in [0.15, 0.2) is 35.1 Å². The molecule has 16 heavy (non-hydrogen) atoms. The Morgan fingerprint density at radius 3 is 3.00 bits per heavy atom. The Balaban J connectivity index is 1.96. The molecule has 0 radical (unpaired) electrons. The lowest BCUT2D eigenvalue weighted by Crippen LogP contribution is -2.37. The van der Waals surface area contributed by atoms with Gasteiger partial charge < -0.3 is 0 Å². The van der Waals surface area contributed by atoms with Crippen molar-refractivity contribution in [2.24, 2.45) is 0 Å². The van der Waals surface area contributed by atoms with Crippen molar-refractivity contribution in [2.45, 2.75) is 30.8 Å². The molecule has 3 heteroatoms. The summed E-state index contributed by atoms with van der Waals surface area (Å²) in [6.45, 7) is 0. The first-order valence-electron chi connectivity index (χ1n) is 5.76. The van der Waals surface area contributed by atoms with Crippen LogP contribution in [-0.2, 0) is 0 Å². The highest BCUT2D eigenvalue weighted by molar-refractivity contribution is 9.10. The molecule has 0 aliphatic carbocycles. The van der Waals surface area contributed by atoms with E-state index in [0.717, 1.165) is 4.47 Å². The van der Waals surface area contributed by atoms with Crippen LogP contribution in [0.3, 0.4) is 0 Å². The zero-order valence-electron chi connectivity index (χ0n) is 9.31. The van der Waals surface area contributed by atoms with E-state index in [0.29, 0.717) is 18.0 Å². The number of aromatic nitrogens is 1. The number of hydrogen-bond acceptors (Lipinski definition) is 2.